The van der Waals surface area contributed by atoms with Gasteiger partial charge in [0.2, 0.25) is 0 Å². The summed E-state index contributed by atoms with van der Waals surface area (Å²) in [4.78, 5) is 4.11. The number of nitrogen functional groups attached to an aromatic ring is 1. The van der Waals surface area contributed by atoms with Crippen LogP contribution in [0.25, 0.3) is 0 Å². The number of anilines is 1. The van der Waals surface area contributed by atoms with Crippen LogP contribution in [0.4, 0.5) is 5.82 Å². The molecule has 3 N–H and O–H groups in total. The summed E-state index contributed by atoms with van der Waals surface area (Å²) < 4.78 is 0. The Bertz CT molecular complexity index is 312. The van der Waals surface area contributed by atoms with Crippen LogP contribution in [-0.2, 0) is 6.42 Å². The van der Waals surface area contributed by atoms with Crippen molar-refractivity contribution in [1.29, 1.82) is 0 Å². The number of hydrogen-bond donors (Lipinski definition) is 2. The minimum atomic E-state index is 0.646. The maximum absolute atomic E-state index is 5.82. The number of nitrogens with two attached hydrogens (primary N) is 1. The molecule has 0 saturated heterocycles. The van der Waals surface area contributed by atoms with Gasteiger partial charge in [0.15, 0.2) is 0 Å². The number of nitrogens with one attached hydrogen (secondary N) is 1. The van der Waals surface area contributed by atoms with E-state index in [1.54, 1.807) is 6.20 Å². The molecule has 0 saturated carbocycles. The first kappa shape index (κ1) is 14.0. The molecule has 0 radical (unpaired) electrons. The van der Waals surface area contributed by atoms with Gasteiger partial charge in [-0.25, -0.2) is 4.98 Å². The van der Waals surface area contributed by atoms with Crippen LogP contribution >= 0.6 is 0 Å². The van der Waals surface area contributed by atoms with Crippen molar-refractivity contribution in [2.24, 2.45) is 0 Å². The molecule has 3 nitrogen and oxygen atoms in total. The quantitative estimate of drug-likeness (QED) is 0.728. The lowest BCUT2D eigenvalue weighted by Gasteiger charge is -2.16. The van der Waals surface area contributed by atoms with E-state index in [0.29, 0.717) is 11.9 Å². The summed E-state index contributed by atoms with van der Waals surface area (Å²) in [5.41, 5.74) is 7.00. The molecule has 0 aromatic carbocycles. The largest absolute Gasteiger partial charge is 0.383 e. The number of nitrogens with zero attached hydrogens (tertiary/aromatic N) is 1. The Hall–Kier alpha value is -1.09. The Morgan fingerprint density at radius 2 is 2.24 bits per heavy atom. The summed E-state index contributed by atoms with van der Waals surface area (Å²) in [6.07, 6.45) is 7.56. The Labute approximate surface area is 105 Å². The van der Waals surface area contributed by atoms with Gasteiger partial charge >= 0.3 is 0 Å². The Morgan fingerprint density at radius 1 is 1.41 bits per heavy atom. The molecule has 1 rings (SSSR count). The van der Waals surface area contributed by atoms with Crippen molar-refractivity contribution in [3.63, 3.8) is 0 Å². The van der Waals surface area contributed by atoms with Gasteiger partial charge in [-0.15, -0.1) is 0 Å². The average molecular weight is 235 g/mol. The smallest absolute Gasteiger partial charge is 0.126 e. The fourth-order valence-electron chi connectivity index (χ4n) is 2.00. The zero-order valence-corrected chi connectivity index (χ0v) is 11.1. The Kier molecular flexibility index (Phi) is 6.63. The van der Waals surface area contributed by atoms with Gasteiger partial charge in [0.1, 0.15) is 5.82 Å². The second kappa shape index (κ2) is 8.07. The van der Waals surface area contributed by atoms with E-state index in [4.69, 9.17) is 5.73 Å². The molecular formula is C14H25N3. The van der Waals surface area contributed by atoms with Gasteiger partial charge in [0.25, 0.3) is 0 Å². The molecule has 96 valence electrons. The molecule has 1 unspecified atom stereocenters. The van der Waals surface area contributed by atoms with Crippen molar-refractivity contribution in [1.82, 2.24) is 10.3 Å². The Balaban J connectivity index is 2.28. The van der Waals surface area contributed by atoms with Crippen molar-refractivity contribution < 1.29 is 0 Å². The molecule has 1 aromatic rings. The van der Waals surface area contributed by atoms with E-state index < -0.39 is 0 Å². The van der Waals surface area contributed by atoms with E-state index in [0.717, 1.165) is 13.0 Å². The van der Waals surface area contributed by atoms with Gasteiger partial charge in [0, 0.05) is 12.2 Å². The van der Waals surface area contributed by atoms with Crippen molar-refractivity contribution in [2.75, 3.05) is 12.3 Å². The molecule has 0 aliphatic heterocycles. The van der Waals surface area contributed by atoms with Crippen LogP contribution < -0.4 is 11.1 Å². The van der Waals surface area contributed by atoms with Crippen LogP contribution in [0.1, 0.15) is 45.1 Å². The maximum atomic E-state index is 5.82. The third-order valence-electron chi connectivity index (χ3n) is 3.10. The molecular weight excluding hydrogens is 210 g/mol. The number of pyridine rings is 1. The average Bonchev–Trinajstić information content (AvgIpc) is 2.35. The van der Waals surface area contributed by atoms with Gasteiger partial charge < -0.3 is 11.1 Å². The zero-order chi connectivity index (χ0) is 12.5. The van der Waals surface area contributed by atoms with E-state index in [1.807, 2.05) is 6.07 Å². The highest BCUT2D eigenvalue weighted by molar-refractivity contribution is 5.38. The first-order valence-electron chi connectivity index (χ1n) is 6.70. The van der Waals surface area contributed by atoms with Crippen LogP contribution in [0, 0.1) is 0 Å². The number of rotatable bonds is 8. The van der Waals surface area contributed by atoms with Crippen molar-refractivity contribution in [3.05, 3.63) is 23.9 Å². The van der Waals surface area contributed by atoms with Crippen LogP contribution in [0.5, 0.6) is 0 Å². The predicted molar refractivity (Wildman–Crippen MR) is 74.0 cm³/mol. The highest BCUT2D eigenvalue weighted by Gasteiger charge is 2.05. The maximum Gasteiger partial charge on any atom is 0.126 e. The standard InChI is InChI=1S/C14H25N3/c1-3-10-16-13(4-2)9-5-7-12-8-6-11-17-14(12)15/h6,8,11,13,16H,3-5,7,9-10H2,1-2H3,(H2,15,17). The summed E-state index contributed by atoms with van der Waals surface area (Å²) >= 11 is 0. The van der Waals surface area contributed by atoms with Gasteiger partial charge in [-0.05, 0) is 50.3 Å². The SMILES string of the molecule is CCCNC(CC)CCCc1cccnc1N. The first-order valence-corrected chi connectivity index (χ1v) is 6.70. The topological polar surface area (TPSA) is 50.9 Å². The lowest BCUT2D eigenvalue weighted by Crippen LogP contribution is -2.29. The van der Waals surface area contributed by atoms with E-state index >= 15 is 0 Å². The minimum absolute atomic E-state index is 0.646. The molecule has 3 heteroatoms. The fourth-order valence-corrected chi connectivity index (χ4v) is 2.00. The predicted octanol–water partition coefficient (Wildman–Crippen LogP) is 2.76. The van der Waals surface area contributed by atoms with E-state index in [1.165, 1.54) is 31.2 Å². The van der Waals surface area contributed by atoms with Crippen molar-refractivity contribution in [2.45, 2.75) is 52.0 Å². The van der Waals surface area contributed by atoms with E-state index in [9.17, 15) is 0 Å². The summed E-state index contributed by atoms with van der Waals surface area (Å²) in [5, 5.41) is 3.57. The van der Waals surface area contributed by atoms with E-state index in [-0.39, 0.29) is 0 Å². The molecule has 17 heavy (non-hydrogen) atoms. The Morgan fingerprint density at radius 3 is 2.88 bits per heavy atom. The van der Waals surface area contributed by atoms with Gasteiger partial charge in [0.05, 0.1) is 0 Å². The van der Waals surface area contributed by atoms with Gasteiger partial charge in [-0.1, -0.05) is 19.9 Å². The molecule has 0 bridgehead atoms. The highest BCUT2D eigenvalue weighted by Crippen LogP contribution is 2.12. The van der Waals surface area contributed by atoms with Crippen molar-refractivity contribution >= 4 is 5.82 Å². The van der Waals surface area contributed by atoms with Crippen LogP contribution in [-0.4, -0.2) is 17.6 Å². The summed E-state index contributed by atoms with van der Waals surface area (Å²) in [6, 6.07) is 4.68. The van der Waals surface area contributed by atoms with Crippen molar-refractivity contribution in [3.8, 4) is 0 Å². The first-order chi connectivity index (χ1) is 8.27. The number of aromatic nitrogens is 1. The van der Waals surface area contributed by atoms with E-state index in [2.05, 4.69) is 30.2 Å². The lowest BCUT2D eigenvalue weighted by atomic mass is 10.0. The van der Waals surface area contributed by atoms with Crippen LogP contribution in [0.15, 0.2) is 18.3 Å². The molecule has 0 fully saturated rings. The zero-order valence-electron chi connectivity index (χ0n) is 11.1. The highest BCUT2D eigenvalue weighted by atomic mass is 14.9. The summed E-state index contributed by atoms with van der Waals surface area (Å²) in [5.74, 6) is 0.682. The molecule has 0 spiro atoms. The molecule has 1 atom stereocenters. The molecule has 1 heterocycles. The van der Waals surface area contributed by atoms with Crippen LogP contribution in [0.2, 0.25) is 0 Å². The summed E-state index contributed by atoms with van der Waals surface area (Å²) in [6.45, 7) is 5.56. The third-order valence-corrected chi connectivity index (χ3v) is 3.10. The third kappa shape index (κ3) is 5.18. The minimum Gasteiger partial charge on any atom is -0.383 e. The fraction of sp³-hybridized carbons (Fsp3) is 0.643. The second-order valence-corrected chi connectivity index (χ2v) is 4.50. The van der Waals surface area contributed by atoms with Gasteiger partial charge in [-0.2, -0.15) is 0 Å². The summed E-state index contributed by atoms with van der Waals surface area (Å²) in [7, 11) is 0. The van der Waals surface area contributed by atoms with Crippen LogP contribution in [0.3, 0.4) is 0 Å². The number of hydrogen-bond acceptors (Lipinski definition) is 3. The molecule has 0 aliphatic carbocycles. The normalized spacial score (nSPS) is 12.6. The number of aryl methyl sites for hydroxylation is 1. The molecule has 1 aromatic heterocycles. The molecule has 0 amide bonds. The molecule has 0 aliphatic rings. The lowest BCUT2D eigenvalue weighted by molar-refractivity contribution is 0.456. The van der Waals surface area contributed by atoms with Gasteiger partial charge in [-0.3, -0.25) is 0 Å². The monoisotopic (exact) mass is 235 g/mol. The second-order valence-electron chi connectivity index (χ2n) is 4.50.